The number of methoxy groups -OCH3 is 1. The lowest BCUT2D eigenvalue weighted by Gasteiger charge is -2.11. The van der Waals surface area contributed by atoms with Crippen molar-refractivity contribution in [1.29, 1.82) is 0 Å². The SMILES string of the molecule is COc1ccc(C(=O)OCc2ccccc2)cc1C(=O)OCc1ccccc1. The van der Waals surface area contributed by atoms with Gasteiger partial charge in [0.2, 0.25) is 0 Å². The lowest BCUT2D eigenvalue weighted by molar-refractivity contribution is 0.0467. The molecular formula is C23H20O5. The van der Waals surface area contributed by atoms with Gasteiger partial charge in [0.1, 0.15) is 24.5 Å². The first-order valence-electron chi connectivity index (χ1n) is 8.77. The molecule has 0 fully saturated rings. The van der Waals surface area contributed by atoms with Crippen molar-refractivity contribution in [3.63, 3.8) is 0 Å². The fraction of sp³-hybridized carbons (Fsp3) is 0.130. The van der Waals surface area contributed by atoms with Crippen LogP contribution in [0.3, 0.4) is 0 Å². The lowest BCUT2D eigenvalue weighted by Crippen LogP contribution is -2.11. The molecule has 0 N–H and O–H groups in total. The second-order valence-corrected chi connectivity index (χ2v) is 6.04. The van der Waals surface area contributed by atoms with E-state index in [4.69, 9.17) is 14.2 Å². The topological polar surface area (TPSA) is 61.8 Å². The average molecular weight is 376 g/mol. The molecule has 0 amide bonds. The summed E-state index contributed by atoms with van der Waals surface area (Å²) in [5.74, 6) is -0.764. The molecule has 0 bridgehead atoms. The first-order chi connectivity index (χ1) is 13.7. The van der Waals surface area contributed by atoms with Gasteiger partial charge in [0.15, 0.2) is 0 Å². The first-order valence-corrected chi connectivity index (χ1v) is 8.77. The number of hydrogen-bond donors (Lipinski definition) is 0. The molecule has 0 heterocycles. The van der Waals surface area contributed by atoms with Crippen LogP contribution in [-0.4, -0.2) is 19.0 Å². The van der Waals surface area contributed by atoms with E-state index in [0.29, 0.717) is 5.75 Å². The Hall–Kier alpha value is -3.60. The maximum absolute atomic E-state index is 12.5. The molecule has 0 unspecified atom stereocenters. The lowest BCUT2D eigenvalue weighted by atomic mass is 10.1. The summed E-state index contributed by atoms with van der Waals surface area (Å²) in [5, 5.41) is 0. The summed E-state index contributed by atoms with van der Waals surface area (Å²) in [4.78, 5) is 24.9. The van der Waals surface area contributed by atoms with E-state index in [1.165, 1.54) is 13.2 Å². The van der Waals surface area contributed by atoms with Crippen LogP contribution in [0.5, 0.6) is 5.75 Å². The van der Waals surface area contributed by atoms with Gasteiger partial charge in [-0.2, -0.15) is 0 Å². The van der Waals surface area contributed by atoms with Crippen molar-refractivity contribution in [3.8, 4) is 5.75 Å². The molecule has 28 heavy (non-hydrogen) atoms. The van der Waals surface area contributed by atoms with Crippen molar-refractivity contribution in [1.82, 2.24) is 0 Å². The van der Waals surface area contributed by atoms with Crippen LogP contribution in [0.1, 0.15) is 31.8 Å². The van der Waals surface area contributed by atoms with Crippen LogP contribution >= 0.6 is 0 Å². The minimum atomic E-state index is -0.571. The van der Waals surface area contributed by atoms with Crippen molar-refractivity contribution in [2.75, 3.05) is 7.11 Å². The summed E-state index contributed by atoms with van der Waals surface area (Å²) < 4.78 is 15.9. The van der Waals surface area contributed by atoms with E-state index >= 15 is 0 Å². The van der Waals surface area contributed by atoms with Crippen molar-refractivity contribution < 1.29 is 23.8 Å². The monoisotopic (exact) mass is 376 g/mol. The van der Waals surface area contributed by atoms with Crippen LogP contribution in [0.25, 0.3) is 0 Å². The Kier molecular flexibility index (Phi) is 6.41. The van der Waals surface area contributed by atoms with Crippen LogP contribution in [0.2, 0.25) is 0 Å². The van der Waals surface area contributed by atoms with E-state index in [1.807, 2.05) is 60.7 Å². The average Bonchev–Trinajstić information content (AvgIpc) is 2.76. The van der Waals surface area contributed by atoms with Gasteiger partial charge in [-0.05, 0) is 29.3 Å². The largest absolute Gasteiger partial charge is 0.496 e. The molecule has 5 heteroatoms. The number of carbonyl (C=O) groups excluding carboxylic acids is 2. The number of esters is 2. The van der Waals surface area contributed by atoms with Crippen LogP contribution in [0.4, 0.5) is 0 Å². The number of carbonyl (C=O) groups is 2. The third kappa shape index (κ3) is 4.98. The van der Waals surface area contributed by atoms with Crippen LogP contribution < -0.4 is 4.74 Å². The minimum Gasteiger partial charge on any atom is -0.496 e. The van der Waals surface area contributed by atoms with E-state index in [-0.39, 0.29) is 24.3 Å². The molecule has 3 aromatic carbocycles. The highest BCUT2D eigenvalue weighted by molar-refractivity contribution is 5.97. The number of rotatable bonds is 7. The number of hydrogen-bond acceptors (Lipinski definition) is 5. The maximum Gasteiger partial charge on any atom is 0.342 e. The second kappa shape index (κ2) is 9.37. The predicted octanol–water partition coefficient (Wildman–Crippen LogP) is 4.41. The third-order valence-electron chi connectivity index (χ3n) is 4.08. The van der Waals surface area contributed by atoms with Gasteiger partial charge in [0.05, 0.1) is 12.7 Å². The smallest absolute Gasteiger partial charge is 0.342 e. The Bertz CT molecular complexity index is 936. The maximum atomic E-state index is 12.5. The molecule has 142 valence electrons. The third-order valence-corrected chi connectivity index (χ3v) is 4.08. The molecule has 0 aliphatic carbocycles. The van der Waals surface area contributed by atoms with Crippen LogP contribution in [0, 0.1) is 0 Å². The quantitative estimate of drug-likeness (QED) is 0.572. The first kappa shape index (κ1) is 19.2. The zero-order chi connectivity index (χ0) is 19.8. The standard InChI is InChI=1S/C23H20O5/c1-26-21-13-12-19(22(24)27-15-17-8-4-2-5-9-17)14-20(21)23(25)28-16-18-10-6-3-7-11-18/h2-14H,15-16H2,1H3. The van der Waals surface area contributed by atoms with E-state index in [9.17, 15) is 9.59 Å². The number of benzene rings is 3. The minimum absolute atomic E-state index is 0.130. The molecule has 5 nitrogen and oxygen atoms in total. The fourth-order valence-electron chi connectivity index (χ4n) is 2.60. The summed E-state index contributed by atoms with van der Waals surface area (Å²) in [6.07, 6.45) is 0. The second-order valence-electron chi connectivity index (χ2n) is 6.04. The molecule has 3 rings (SSSR count). The van der Waals surface area contributed by atoms with Crippen molar-refractivity contribution in [3.05, 3.63) is 101 Å². The summed E-state index contributed by atoms with van der Waals surface area (Å²) >= 11 is 0. The molecule has 0 saturated heterocycles. The molecule has 0 saturated carbocycles. The summed E-state index contributed by atoms with van der Waals surface area (Å²) in [7, 11) is 1.46. The van der Waals surface area contributed by atoms with E-state index < -0.39 is 11.9 Å². The van der Waals surface area contributed by atoms with Gasteiger partial charge in [-0.15, -0.1) is 0 Å². The van der Waals surface area contributed by atoms with E-state index in [1.54, 1.807) is 12.1 Å². The molecule has 0 aromatic heterocycles. The zero-order valence-electron chi connectivity index (χ0n) is 15.5. The normalized spacial score (nSPS) is 10.2. The molecule has 0 aliphatic heterocycles. The van der Waals surface area contributed by atoms with Crippen LogP contribution in [0.15, 0.2) is 78.9 Å². The van der Waals surface area contributed by atoms with Gasteiger partial charge in [-0.3, -0.25) is 0 Å². The highest BCUT2D eigenvalue weighted by atomic mass is 16.5. The zero-order valence-corrected chi connectivity index (χ0v) is 15.5. The Morgan fingerprint density at radius 3 is 1.79 bits per heavy atom. The van der Waals surface area contributed by atoms with Gasteiger partial charge in [0.25, 0.3) is 0 Å². The number of ether oxygens (including phenoxy) is 3. The summed E-state index contributed by atoms with van der Waals surface area (Å²) in [6.45, 7) is 0.283. The molecular weight excluding hydrogens is 356 g/mol. The fourth-order valence-corrected chi connectivity index (χ4v) is 2.60. The molecule has 0 radical (unpaired) electrons. The summed E-state index contributed by atoms with van der Waals surface area (Å²) in [6, 6.07) is 23.3. The molecule has 0 aliphatic rings. The van der Waals surface area contributed by atoms with Crippen molar-refractivity contribution in [2.24, 2.45) is 0 Å². The Morgan fingerprint density at radius 2 is 1.25 bits per heavy atom. The highest BCUT2D eigenvalue weighted by Crippen LogP contribution is 2.22. The van der Waals surface area contributed by atoms with Crippen LogP contribution in [-0.2, 0) is 22.7 Å². The Balaban J connectivity index is 1.70. The Labute approximate surface area is 163 Å². The molecule has 3 aromatic rings. The van der Waals surface area contributed by atoms with E-state index in [2.05, 4.69) is 0 Å². The highest BCUT2D eigenvalue weighted by Gasteiger charge is 2.18. The summed E-state index contributed by atoms with van der Waals surface area (Å²) in [5.41, 5.74) is 2.18. The van der Waals surface area contributed by atoms with Crippen molar-refractivity contribution >= 4 is 11.9 Å². The van der Waals surface area contributed by atoms with Crippen molar-refractivity contribution in [2.45, 2.75) is 13.2 Å². The molecule has 0 spiro atoms. The van der Waals surface area contributed by atoms with E-state index in [0.717, 1.165) is 11.1 Å². The molecule has 0 atom stereocenters. The predicted molar refractivity (Wildman–Crippen MR) is 104 cm³/mol. The van der Waals surface area contributed by atoms with Gasteiger partial charge < -0.3 is 14.2 Å². The van der Waals surface area contributed by atoms with Gasteiger partial charge >= 0.3 is 11.9 Å². The van der Waals surface area contributed by atoms with Gasteiger partial charge in [0, 0.05) is 0 Å². The van der Waals surface area contributed by atoms with Gasteiger partial charge in [-0.1, -0.05) is 60.7 Å². The Morgan fingerprint density at radius 1 is 0.714 bits per heavy atom. The van der Waals surface area contributed by atoms with Gasteiger partial charge in [-0.25, -0.2) is 9.59 Å².